The highest BCUT2D eigenvalue weighted by atomic mass is 32.1. The highest BCUT2D eigenvalue weighted by Crippen LogP contribution is 2.35. The van der Waals surface area contributed by atoms with Gasteiger partial charge in [-0.25, -0.2) is 0 Å². The summed E-state index contributed by atoms with van der Waals surface area (Å²) in [7, 11) is 0. The molecule has 0 saturated carbocycles. The molecule has 1 fully saturated rings. The number of halogens is 3. The van der Waals surface area contributed by atoms with Crippen LogP contribution >= 0.6 is 11.3 Å². The molecule has 0 bridgehead atoms. The summed E-state index contributed by atoms with van der Waals surface area (Å²) < 4.78 is 47.5. The molecule has 0 radical (unpaired) electrons. The zero-order valence-corrected chi connectivity index (χ0v) is 15.1. The number of hydrogen-bond acceptors (Lipinski definition) is 7. The third-order valence-corrected chi connectivity index (χ3v) is 5.80. The molecule has 146 valence electrons. The van der Waals surface area contributed by atoms with E-state index in [-0.39, 0.29) is 11.7 Å². The van der Waals surface area contributed by atoms with Crippen LogP contribution < -0.4 is 0 Å². The summed E-state index contributed by atoms with van der Waals surface area (Å²) in [5.74, 6) is -1.38. The summed E-state index contributed by atoms with van der Waals surface area (Å²) in [5.41, 5.74) is 0.926. The molecule has 1 saturated heterocycles. The van der Waals surface area contributed by atoms with Crippen LogP contribution in [0.25, 0.3) is 10.7 Å². The van der Waals surface area contributed by atoms with Gasteiger partial charge in [0.1, 0.15) is 0 Å². The Kier molecular flexibility index (Phi) is 4.91. The molecule has 11 heteroatoms. The maximum Gasteiger partial charge on any atom is 0.471 e. The number of hydrogen-bond donors (Lipinski definition) is 0. The molecular formula is C16H17F3N4O3S. The Morgan fingerprint density at radius 1 is 1.26 bits per heavy atom. The van der Waals surface area contributed by atoms with Crippen LogP contribution in [0.2, 0.25) is 0 Å². The van der Waals surface area contributed by atoms with Crippen molar-refractivity contribution in [3.05, 3.63) is 22.4 Å². The minimum Gasteiger partial charge on any atom is -0.379 e. The highest BCUT2D eigenvalue weighted by molar-refractivity contribution is 7.15. The van der Waals surface area contributed by atoms with E-state index in [9.17, 15) is 18.0 Å². The van der Waals surface area contributed by atoms with Crippen LogP contribution in [-0.4, -0.2) is 65.2 Å². The Balaban J connectivity index is 1.44. The van der Waals surface area contributed by atoms with Crippen LogP contribution in [0.4, 0.5) is 13.2 Å². The van der Waals surface area contributed by atoms with Gasteiger partial charge in [-0.05, 0) is 18.1 Å². The maximum atomic E-state index is 12.6. The van der Waals surface area contributed by atoms with E-state index in [1.54, 1.807) is 11.0 Å². The van der Waals surface area contributed by atoms with E-state index in [0.29, 0.717) is 44.1 Å². The Morgan fingerprint density at radius 3 is 2.74 bits per heavy atom. The predicted molar refractivity (Wildman–Crippen MR) is 89.0 cm³/mol. The van der Waals surface area contributed by atoms with Gasteiger partial charge in [-0.3, -0.25) is 9.69 Å². The lowest BCUT2D eigenvalue weighted by Crippen LogP contribution is -2.45. The van der Waals surface area contributed by atoms with Crippen molar-refractivity contribution in [3.8, 4) is 10.7 Å². The minimum atomic E-state index is -4.66. The van der Waals surface area contributed by atoms with E-state index in [0.717, 1.165) is 23.5 Å². The molecule has 0 spiro atoms. The number of aromatic nitrogens is 2. The quantitative estimate of drug-likeness (QED) is 0.783. The molecule has 4 rings (SSSR count). The standard InChI is InChI=1S/C16H17F3N4O3S/c17-16(18,19)15-20-14(21-26-15)12-7-10-8-23(2-1-11(10)27-12)13(24)9-22-3-5-25-6-4-22/h7H,1-6,8-9H2. The molecule has 0 aliphatic carbocycles. The third kappa shape index (κ3) is 3.99. The number of fused-ring (bicyclic) bond motifs is 1. The first kappa shape index (κ1) is 18.4. The molecule has 0 N–H and O–H groups in total. The Labute approximate surface area is 156 Å². The van der Waals surface area contributed by atoms with Crippen molar-refractivity contribution in [1.82, 2.24) is 19.9 Å². The topological polar surface area (TPSA) is 71.7 Å². The second kappa shape index (κ2) is 7.21. The largest absolute Gasteiger partial charge is 0.471 e. The van der Waals surface area contributed by atoms with Crippen molar-refractivity contribution in [1.29, 1.82) is 0 Å². The molecule has 2 aromatic heterocycles. The SMILES string of the molecule is O=C(CN1CCOCC1)N1CCc2sc(-c3noc(C(F)(F)F)n3)cc2C1. The van der Waals surface area contributed by atoms with Crippen LogP contribution in [0.3, 0.4) is 0 Å². The summed E-state index contributed by atoms with van der Waals surface area (Å²) in [6.07, 6.45) is -4.00. The van der Waals surface area contributed by atoms with Crippen molar-refractivity contribution in [2.24, 2.45) is 0 Å². The van der Waals surface area contributed by atoms with Crippen molar-refractivity contribution in [2.45, 2.75) is 19.1 Å². The molecule has 27 heavy (non-hydrogen) atoms. The van der Waals surface area contributed by atoms with Crippen LogP contribution in [-0.2, 0) is 28.7 Å². The van der Waals surface area contributed by atoms with Crippen molar-refractivity contribution in [3.63, 3.8) is 0 Å². The van der Waals surface area contributed by atoms with Gasteiger partial charge in [-0.15, -0.1) is 11.3 Å². The second-order valence-electron chi connectivity index (χ2n) is 6.43. The minimum absolute atomic E-state index is 0.0502. The first-order valence-electron chi connectivity index (χ1n) is 8.51. The van der Waals surface area contributed by atoms with E-state index in [1.807, 2.05) is 0 Å². The van der Waals surface area contributed by atoms with Crippen molar-refractivity contribution < 1.29 is 27.2 Å². The van der Waals surface area contributed by atoms with Crippen LogP contribution in [0.15, 0.2) is 10.6 Å². The number of alkyl halides is 3. The maximum absolute atomic E-state index is 12.6. The molecule has 2 aromatic rings. The normalized spacial score (nSPS) is 18.6. The summed E-state index contributed by atoms with van der Waals surface area (Å²) in [4.78, 5) is 21.4. The van der Waals surface area contributed by atoms with Crippen molar-refractivity contribution in [2.75, 3.05) is 39.4 Å². The molecule has 2 aliphatic heterocycles. The number of amides is 1. The zero-order valence-electron chi connectivity index (χ0n) is 14.3. The van der Waals surface area contributed by atoms with Gasteiger partial charge in [-0.1, -0.05) is 5.16 Å². The fourth-order valence-electron chi connectivity index (χ4n) is 3.15. The first-order valence-corrected chi connectivity index (χ1v) is 9.32. The Bertz CT molecular complexity index is 829. The van der Waals surface area contributed by atoms with Gasteiger partial charge in [0.05, 0.1) is 24.6 Å². The molecule has 2 aliphatic rings. The Hall–Kier alpha value is -1.98. The lowest BCUT2D eigenvalue weighted by atomic mass is 10.1. The lowest BCUT2D eigenvalue weighted by molar-refractivity contribution is -0.159. The smallest absolute Gasteiger partial charge is 0.379 e. The van der Waals surface area contributed by atoms with Gasteiger partial charge in [0.25, 0.3) is 0 Å². The number of thiophene rings is 1. The molecule has 1 amide bonds. The van der Waals surface area contributed by atoms with E-state index in [1.165, 1.54) is 11.3 Å². The summed E-state index contributed by atoms with van der Waals surface area (Å²) in [6, 6.07) is 1.75. The molecule has 0 atom stereocenters. The van der Waals surface area contributed by atoms with Gasteiger partial charge < -0.3 is 14.2 Å². The average molecular weight is 402 g/mol. The van der Waals surface area contributed by atoms with E-state index < -0.39 is 12.1 Å². The molecule has 7 nitrogen and oxygen atoms in total. The number of carbonyl (C=O) groups excluding carboxylic acids is 1. The van der Waals surface area contributed by atoms with Gasteiger partial charge in [-0.2, -0.15) is 18.2 Å². The average Bonchev–Trinajstić information content (AvgIpc) is 3.28. The molecule has 0 unspecified atom stereocenters. The van der Waals surface area contributed by atoms with Gasteiger partial charge in [0.2, 0.25) is 11.7 Å². The number of nitrogens with zero attached hydrogens (tertiary/aromatic N) is 4. The Morgan fingerprint density at radius 2 is 2.04 bits per heavy atom. The monoisotopic (exact) mass is 402 g/mol. The molecule has 0 aromatic carbocycles. The molecular weight excluding hydrogens is 385 g/mol. The van der Waals surface area contributed by atoms with E-state index in [2.05, 4.69) is 19.6 Å². The highest BCUT2D eigenvalue weighted by Gasteiger charge is 2.39. The number of morpholine rings is 1. The second-order valence-corrected chi connectivity index (χ2v) is 7.57. The number of ether oxygens (including phenoxy) is 1. The van der Waals surface area contributed by atoms with Gasteiger partial charge in [0.15, 0.2) is 0 Å². The fraction of sp³-hybridized carbons (Fsp3) is 0.562. The first-order chi connectivity index (χ1) is 12.9. The van der Waals surface area contributed by atoms with Crippen molar-refractivity contribution >= 4 is 17.2 Å². The summed E-state index contributed by atoms with van der Waals surface area (Å²) in [5, 5.41) is 3.43. The summed E-state index contributed by atoms with van der Waals surface area (Å²) in [6.45, 7) is 4.15. The lowest BCUT2D eigenvalue weighted by Gasteiger charge is -2.31. The zero-order chi connectivity index (χ0) is 19.0. The van der Waals surface area contributed by atoms with Crippen LogP contribution in [0, 0.1) is 0 Å². The number of carbonyl (C=O) groups is 1. The third-order valence-electron chi connectivity index (χ3n) is 4.57. The predicted octanol–water partition coefficient (Wildman–Crippen LogP) is 2.03. The van der Waals surface area contributed by atoms with E-state index >= 15 is 0 Å². The van der Waals surface area contributed by atoms with Gasteiger partial charge in [0, 0.05) is 31.1 Å². The molecule has 4 heterocycles. The van der Waals surface area contributed by atoms with Gasteiger partial charge >= 0.3 is 12.1 Å². The number of rotatable bonds is 3. The fourth-order valence-corrected chi connectivity index (χ4v) is 4.23. The van der Waals surface area contributed by atoms with E-state index in [4.69, 9.17) is 4.74 Å². The van der Waals surface area contributed by atoms with Crippen LogP contribution in [0.1, 0.15) is 16.3 Å². The summed E-state index contributed by atoms with van der Waals surface area (Å²) >= 11 is 1.34. The van der Waals surface area contributed by atoms with Crippen LogP contribution in [0.5, 0.6) is 0 Å².